The zero-order chi connectivity index (χ0) is 19.2. The molecule has 0 unspecified atom stereocenters. The van der Waals surface area contributed by atoms with Gasteiger partial charge in [0, 0.05) is 0 Å². The Kier molecular flexibility index (Phi) is 5.68. The molecule has 0 spiro atoms. The van der Waals surface area contributed by atoms with Gasteiger partial charge in [-0.05, 0) is 24.3 Å². The van der Waals surface area contributed by atoms with Crippen molar-refractivity contribution < 1.29 is 23.7 Å². The number of para-hydroxylation sites is 2. The first-order valence-corrected chi connectivity index (χ1v) is 8.11. The molecule has 1 heterocycles. The molecule has 0 radical (unpaired) electrons. The highest BCUT2D eigenvalue weighted by Crippen LogP contribution is 2.39. The largest absolute Gasteiger partial charge is 0.493 e. The maximum atomic E-state index is 14.1. The molecular formula is C19H18FN3O4. The van der Waals surface area contributed by atoms with E-state index in [1.807, 2.05) is 0 Å². The molecule has 2 aromatic carbocycles. The zero-order valence-electron chi connectivity index (χ0n) is 14.6. The van der Waals surface area contributed by atoms with Gasteiger partial charge in [0.2, 0.25) is 5.75 Å². The molecule has 140 valence electrons. The molecule has 0 fully saturated rings. The fourth-order valence-corrected chi connectivity index (χ4v) is 2.36. The van der Waals surface area contributed by atoms with Crippen molar-refractivity contribution in [1.29, 1.82) is 0 Å². The van der Waals surface area contributed by atoms with Crippen molar-refractivity contribution in [1.82, 2.24) is 9.97 Å². The van der Waals surface area contributed by atoms with Crippen molar-refractivity contribution in [2.24, 2.45) is 0 Å². The number of anilines is 1. The van der Waals surface area contributed by atoms with Crippen LogP contribution >= 0.6 is 0 Å². The fraction of sp³-hybridized carbons (Fsp3) is 0.158. The van der Waals surface area contributed by atoms with E-state index in [1.54, 1.807) is 36.4 Å². The summed E-state index contributed by atoms with van der Waals surface area (Å²) >= 11 is 0. The molecular weight excluding hydrogens is 353 g/mol. The average Bonchev–Trinajstić information content (AvgIpc) is 2.69. The number of nitrogens with two attached hydrogens (primary N) is 1. The monoisotopic (exact) mass is 371 g/mol. The number of hydrogen-bond acceptors (Lipinski definition) is 7. The van der Waals surface area contributed by atoms with E-state index in [4.69, 9.17) is 25.1 Å². The van der Waals surface area contributed by atoms with Crippen LogP contribution in [0.25, 0.3) is 11.4 Å². The molecule has 7 nitrogen and oxygen atoms in total. The van der Waals surface area contributed by atoms with Crippen molar-refractivity contribution in [3.63, 3.8) is 0 Å². The fourth-order valence-electron chi connectivity index (χ4n) is 2.36. The number of nitrogens with zero attached hydrogens (tertiary/aromatic N) is 2. The summed E-state index contributed by atoms with van der Waals surface area (Å²) in [6, 6.07) is 13.0. The molecule has 0 saturated heterocycles. The van der Waals surface area contributed by atoms with Crippen LogP contribution in [0.15, 0.2) is 48.5 Å². The van der Waals surface area contributed by atoms with Gasteiger partial charge in [-0.25, -0.2) is 9.37 Å². The lowest BCUT2D eigenvalue weighted by atomic mass is 10.2. The van der Waals surface area contributed by atoms with Crippen LogP contribution in [-0.2, 0) is 0 Å². The lowest BCUT2D eigenvalue weighted by Crippen LogP contribution is -2.08. The van der Waals surface area contributed by atoms with Crippen molar-refractivity contribution in [2.75, 3.05) is 26.1 Å². The first-order valence-electron chi connectivity index (χ1n) is 8.11. The van der Waals surface area contributed by atoms with Crippen LogP contribution in [0.2, 0.25) is 0 Å². The van der Waals surface area contributed by atoms with Crippen LogP contribution in [0.5, 0.6) is 23.1 Å². The molecule has 8 heteroatoms. The van der Waals surface area contributed by atoms with Crippen LogP contribution in [0.4, 0.5) is 10.2 Å². The molecule has 3 N–H and O–H groups in total. The second kappa shape index (κ2) is 8.33. The number of aromatic nitrogens is 2. The van der Waals surface area contributed by atoms with Crippen LogP contribution in [0.3, 0.4) is 0 Å². The Labute approximate surface area is 155 Å². The Bertz CT molecular complexity index is 937. The van der Waals surface area contributed by atoms with Crippen molar-refractivity contribution in [2.45, 2.75) is 0 Å². The molecule has 0 amide bonds. The van der Waals surface area contributed by atoms with Gasteiger partial charge in [-0.15, -0.1) is 0 Å². The Morgan fingerprint density at radius 3 is 2.44 bits per heavy atom. The molecule has 0 bridgehead atoms. The highest BCUT2D eigenvalue weighted by atomic mass is 19.1. The number of aliphatic hydroxyl groups excluding tert-OH is 1. The number of hydrogen-bond donors (Lipinski definition) is 2. The van der Waals surface area contributed by atoms with Gasteiger partial charge < -0.3 is 25.1 Å². The Hall–Kier alpha value is -3.39. The maximum Gasteiger partial charge on any atom is 0.263 e. The van der Waals surface area contributed by atoms with Gasteiger partial charge in [-0.1, -0.05) is 24.3 Å². The van der Waals surface area contributed by atoms with Gasteiger partial charge in [0.15, 0.2) is 23.1 Å². The summed E-state index contributed by atoms with van der Waals surface area (Å²) in [7, 11) is 1.51. The molecule has 1 aromatic heterocycles. The number of nitrogen functional groups attached to an aromatic ring is 1. The van der Waals surface area contributed by atoms with Crippen LogP contribution in [0.1, 0.15) is 0 Å². The summed E-state index contributed by atoms with van der Waals surface area (Å²) < 4.78 is 30.6. The predicted octanol–water partition coefficient (Wildman–Crippen LogP) is 3.04. The normalized spacial score (nSPS) is 10.5. The summed E-state index contributed by atoms with van der Waals surface area (Å²) in [6.45, 7) is -0.289. The van der Waals surface area contributed by atoms with E-state index in [0.29, 0.717) is 11.5 Å². The minimum atomic E-state index is -0.497. The maximum absolute atomic E-state index is 14.1. The zero-order valence-corrected chi connectivity index (χ0v) is 14.6. The molecule has 3 aromatic rings. The van der Waals surface area contributed by atoms with Gasteiger partial charge in [0.25, 0.3) is 5.88 Å². The van der Waals surface area contributed by atoms with E-state index in [9.17, 15) is 4.39 Å². The molecule has 0 aliphatic heterocycles. The lowest BCUT2D eigenvalue weighted by Gasteiger charge is -2.15. The Morgan fingerprint density at radius 2 is 1.74 bits per heavy atom. The number of benzene rings is 2. The van der Waals surface area contributed by atoms with Gasteiger partial charge in [0.1, 0.15) is 12.4 Å². The number of halogens is 1. The third kappa shape index (κ3) is 4.06. The SMILES string of the molecule is COc1ccccc1Oc1c(N)nc(-c2ccccc2F)nc1OCCO. The quantitative estimate of drug-likeness (QED) is 0.658. The number of aliphatic hydroxyl groups is 1. The van der Waals surface area contributed by atoms with Crippen molar-refractivity contribution in [3.8, 4) is 34.5 Å². The topological polar surface area (TPSA) is 99.7 Å². The minimum Gasteiger partial charge on any atom is -0.493 e. The molecule has 0 saturated carbocycles. The van der Waals surface area contributed by atoms with Gasteiger partial charge in [0.05, 0.1) is 19.3 Å². The number of ether oxygens (including phenoxy) is 3. The van der Waals surface area contributed by atoms with Crippen LogP contribution < -0.4 is 19.9 Å². The summed E-state index contributed by atoms with van der Waals surface area (Å²) in [6.07, 6.45) is 0. The molecule has 27 heavy (non-hydrogen) atoms. The summed E-state index contributed by atoms with van der Waals surface area (Å²) in [5.41, 5.74) is 6.21. The molecule has 0 atom stereocenters. The van der Waals surface area contributed by atoms with E-state index in [-0.39, 0.29) is 42.0 Å². The summed E-state index contributed by atoms with van der Waals surface area (Å²) in [4.78, 5) is 8.37. The Morgan fingerprint density at radius 1 is 1.04 bits per heavy atom. The molecule has 0 aliphatic rings. The highest BCUT2D eigenvalue weighted by molar-refractivity contribution is 5.64. The van der Waals surface area contributed by atoms with E-state index >= 15 is 0 Å². The van der Waals surface area contributed by atoms with Gasteiger partial charge in [-0.2, -0.15) is 4.98 Å². The smallest absolute Gasteiger partial charge is 0.263 e. The molecule has 0 aliphatic carbocycles. The number of rotatable bonds is 7. The average molecular weight is 371 g/mol. The summed E-state index contributed by atoms with van der Waals surface area (Å²) in [5, 5.41) is 9.07. The van der Waals surface area contributed by atoms with Crippen molar-refractivity contribution >= 4 is 5.82 Å². The van der Waals surface area contributed by atoms with Crippen LogP contribution in [0, 0.1) is 5.82 Å². The van der Waals surface area contributed by atoms with Gasteiger partial charge >= 0.3 is 0 Å². The third-order valence-corrected chi connectivity index (χ3v) is 3.59. The first kappa shape index (κ1) is 18.4. The van der Waals surface area contributed by atoms with E-state index in [2.05, 4.69) is 9.97 Å². The standard InChI is InChI=1S/C19H18FN3O4/c1-25-14-8-4-5-9-15(14)27-16-17(21)22-18(23-19(16)26-11-10-24)12-6-2-3-7-13(12)20/h2-9,24H,10-11H2,1H3,(H2,21,22,23). The molecule has 3 rings (SSSR count). The van der Waals surface area contributed by atoms with Crippen LogP contribution in [-0.4, -0.2) is 35.4 Å². The van der Waals surface area contributed by atoms with E-state index in [0.717, 1.165) is 0 Å². The highest BCUT2D eigenvalue weighted by Gasteiger charge is 2.20. The Balaban J connectivity index is 2.06. The van der Waals surface area contributed by atoms with Crippen molar-refractivity contribution in [3.05, 3.63) is 54.3 Å². The second-order valence-corrected chi connectivity index (χ2v) is 5.37. The second-order valence-electron chi connectivity index (χ2n) is 5.37. The van der Waals surface area contributed by atoms with E-state index < -0.39 is 5.82 Å². The number of methoxy groups -OCH3 is 1. The predicted molar refractivity (Wildman–Crippen MR) is 97.5 cm³/mol. The third-order valence-electron chi connectivity index (χ3n) is 3.59. The van der Waals surface area contributed by atoms with Gasteiger partial charge in [-0.3, -0.25) is 0 Å². The lowest BCUT2D eigenvalue weighted by molar-refractivity contribution is 0.192. The first-order chi connectivity index (χ1) is 13.1. The van der Waals surface area contributed by atoms with E-state index in [1.165, 1.54) is 19.2 Å². The minimum absolute atomic E-state index is 0.0132. The summed E-state index contributed by atoms with van der Waals surface area (Å²) in [5.74, 6) is 0.399.